The molecule has 1 aliphatic carbocycles. The first-order chi connectivity index (χ1) is 6.72. The summed E-state index contributed by atoms with van der Waals surface area (Å²) in [6.45, 7) is 0.607. The van der Waals surface area contributed by atoms with Crippen LogP contribution >= 0.6 is 0 Å². The van der Waals surface area contributed by atoms with E-state index in [4.69, 9.17) is 10.8 Å². The molecule has 0 fully saturated rings. The highest BCUT2D eigenvalue weighted by molar-refractivity contribution is 5.88. The lowest BCUT2D eigenvalue weighted by Crippen LogP contribution is -2.10. The third-order valence-corrected chi connectivity index (χ3v) is 2.88. The van der Waals surface area contributed by atoms with Crippen molar-refractivity contribution in [1.82, 2.24) is 0 Å². The third kappa shape index (κ3) is 1.40. The first-order valence-electron chi connectivity index (χ1n) is 4.78. The predicted octanol–water partition coefficient (Wildman–Crippen LogP) is 1.37. The minimum absolute atomic E-state index is 0.351. The molecule has 0 bridgehead atoms. The van der Waals surface area contributed by atoms with Gasteiger partial charge in [-0.1, -0.05) is 6.07 Å². The molecule has 1 aromatic rings. The highest BCUT2D eigenvalue weighted by atomic mass is 16.4. The van der Waals surface area contributed by atoms with E-state index in [2.05, 4.69) is 0 Å². The Kier molecular flexibility index (Phi) is 2.25. The monoisotopic (exact) mass is 191 g/mol. The van der Waals surface area contributed by atoms with Gasteiger partial charge >= 0.3 is 5.97 Å². The zero-order valence-electron chi connectivity index (χ0n) is 7.86. The van der Waals surface area contributed by atoms with E-state index in [1.165, 1.54) is 5.56 Å². The molecule has 0 aromatic heterocycles. The van der Waals surface area contributed by atoms with Gasteiger partial charge in [0.15, 0.2) is 0 Å². The fourth-order valence-corrected chi connectivity index (χ4v) is 2.07. The smallest absolute Gasteiger partial charge is 0.335 e. The second kappa shape index (κ2) is 3.42. The molecule has 0 aliphatic heterocycles. The lowest BCUT2D eigenvalue weighted by atomic mass is 9.99. The number of aromatic carboxylic acids is 1. The summed E-state index contributed by atoms with van der Waals surface area (Å²) in [5.74, 6) is -0.514. The van der Waals surface area contributed by atoms with Gasteiger partial charge in [0.2, 0.25) is 0 Å². The van der Waals surface area contributed by atoms with Gasteiger partial charge in [-0.15, -0.1) is 0 Å². The Hall–Kier alpha value is -1.35. The van der Waals surface area contributed by atoms with Crippen LogP contribution in [0.25, 0.3) is 0 Å². The molecule has 14 heavy (non-hydrogen) atoms. The third-order valence-electron chi connectivity index (χ3n) is 2.88. The molecule has 3 heteroatoms. The highest BCUT2D eigenvalue weighted by Crippen LogP contribution is 2.32. The average molecular weight is 191 g/mol. The van der Waals surface area contributed by atoms with E-state index in [0.29, 0.717) is 18.0 Å². The lowest BCUT2D eigenvalue weighted by molar-refractivity contribution is 0.0697. The lowest BCUT2D eigenvalue weighted by Gasteiger charge is -2.08. The van der Waals surface area contributed by atoms with Crippen LogP contribution in [0.15, 0.2) is 18.2 Å². The van der Waals surface area contributed by atoms with Crippen molar-refractivity contribution in [3.05, 3.63) is 34.9 Å². The van der Waals surface area contributed by atoms with E-state index in [1.54, 1.807) is 12.1 Å². The van der Waals surface area contributed by atoms with Crippen LogP contribution < -0.4 is 5.73 Å². The second-order valence-electron chi connectivity index (χ2n) is 3.69. The van der Waals surface area contributed by atoms with Gasteiger partial charge in [0.1, 0.15) is 0 Å². The van der Waals surface area contributed by atoms with Gasteiger partial charge in [0.05, 0.1) is 5.56 Å². The highest BCUT2D eigenvalue weighted by Gasteiger charge is 2.22. The van der Waals surface area contributed by atoms with Crippen molar-refractivity contribution < 1.29 is 9.90 Å². The van der Waals surface area contributed by atoms with E-state index >= 15 is 0 Å². The molecule has 1 atom stereocenters. The fraction of sp³-hybridized carbons (Fsp3) is 0.364. The van der Waals surface area contributed by atoms with Gasteiger partial charge in [-0.2, -0.15) is 0 Å². The Bertz CT molecular complexity index is 374. The Morgan fingerprint density at radius 3 is 3.00 bits per heavy atom. The van der Waals surface area contributed by atoms with Gasteiger partial charge in [-0.25, -0.2) is 4.79 Å². The first kappa shape index (κ1) is 9.21. The second-order valence-corrected chi connectivity index (χ2v) is 3.69. The summed E-state index contributed by atoms with van der Waals surface area (Å²) in [4.78, 5) is 10.8. The number of hydrogen-bond acceptors (Lipinski definition) is 2. The van der Waals surface area contributed by atoms with E-state index < -0.39 is 5.97 Å². The molecule has 1 aliphatic rings. The van der Waals surface area contributed by atoms with Gasteiger partial charge < -0.3 is 10.8 Å². The number of carboxylic acid groups (broad SMARTS) is 1. The molecule has 74 valence electrons. The van der Waals surface area contributed by atoms with Gasteiger partial charge in [-0.3, -0.25) is 0 Å². The molecule has 0 heterocycles. The van der Waals surface area contributed by atoms with Crippen molar-refractivity contribution in [2.24, 2.45) is 5.73 Å². The maximum absolute atomic E-state index is 10.8. The summed E-state index contributed by atoms with van der Waals surface area (Å²) >= 11 is 0. The summed E-state index contributed by atoms with van der Waals surface area (Å²) in [5, 5.41) is 8.84. The summed E-state index contributed by atoms with van der Waals surface area (Å²) in [5.41, 5.74) is 8.38. The van der Waals surface area contributed by atoms with Crippen molar-refractivity contribution in [3.8, 4) is 0 Å². The molecule has 0 amide bonds. The largest absolute Gasteiger partial charge is 0.478 e. The summed E-state index contributed by atoms with van der Waals surface area (Å²) in [6.07, 6.45) is 2.08. The Morgan fingerprint density at radius 1 is 1.57 bits per heavy atom. The molecule has 0 saturated heterocycles. The van der Waals surface area contributed by atoms with Crippen LogP contribution in [0.3, 0.4) is 0 Å². The van der Waals surface area contributed by atoms with Crippen LogP contribution in [0.4, 0.5) is 0 Å². The molecule has 1 aromatic carbocycles. The number of rotatable bonds is 2. The van der Waals surface area contributed by atoms with Crippen molar-refractivity contribution in [3.63, 3.8) is 0 Å². The number of aryl methyl sites for hydroxylation is 1. The van der Waals surface area contributed by atoms with Crippen LogP contribution in [-0.2, 0) is 6.42 Å². The molecule has 3 N–H and O–H groups in total. The topological polar surface area (TPSA) is 63.3 Å². The van der Waals surface area contributed by atoms with Crippen LogP contribution in [-0.4, -0.2) is 17.6 Å². The fourth-order valence-electron chi connectivity index (χ4n) is 2.07. The maximum atomic E-state index is 10.8. The summed E-state index contributed by atoms with van der Waals surface area (Å²) in [7, 11) is 0. The Balaban J connectivity index is 2.42. The molecule has 0 spiro atoms. The van der Waals surface area contributed by atoms with Crippen molar-refractivity contribution in [1.29, 1.82) is 0 Å². The van der Waals surface area contributed by atoms with Crippen LogP contribution in [0.2, 0.25) is 0 Å². The summed E-state index contributed by atoms with van der Waals surface area (Å²) < 4.78 is 0. The van der Waals surface area contributed by atoms with Crippen LogP contribution in [0.1, 0.15) is 33.8 Å². The van der Waals surface area contributed by atoms with E-state index in [0.717, 1.165) is 18.4 Å². The molecular formula is C11H13NO2. The Labute approximate surface area is 82.5 Å². The minimum Gasteiger partial charge on any atom is -0.478 e. The normalized spacial score (nSPS) is 19.4. The molecule has 0 radical (unpaired) electrons. The molecule has 0 saturated carbocycles. The predicted molar refractivity (Wildman–Crippen MR) is 53.5 cm³/mol. The zero-order valence-corrected chi connectivity index (χ0v) is 7.86. The Morgan fingerprint density at radius 2 is 2.36 bits per heavy atom. The SMILES string of the molecule is NCC1CCc2ccc(C(=O)O)cc21. The zero-order chi connectivity index (χ0) is 10.1. The van der Waals surface area contributed by atoms with Crippen molar-refractivity contribution in [2.75, 3.05) is 6.54 Å². The van der Waals surface area contributed by atoms with E-state index in [1.807, 2.05) is 6.07 Å². The molecular weight excluding hydrogens is 178 g/mol. The van der Waals surface area contributed by atoms with Gasteiger partial charge in [0.25, 0.3) is 0 Å². The number of benzene rings is 1. The van der Waals surface area contributed by atoms with Gasteiger partial charge in [0, 0.05) is 0 Å². The van der Waals surface area contributed by atoms with E-state index in [9.17, 15) is 4.79 Å². The number of hydrogen-bond donors (Lipinski definition) is 2. The molecule has 2 rings (SSSR count). The van der Waals surface area contributed by atoms with E-state index in [-0.39, 0.29) is 0 Å². The minimum atomic E-state index is -0.865. The summed E-state index contributed by atoms with van der Waals surface area (Å²) in [6, 6.07) is 5.34. The van der Waals surface area contributed by atoms with Crippen LogP contribution in [0, 0.1) is 0 Å². The maximum Gasteiger partial charge on any atom is 0.335 e. The first-order valence-corrected chi connectivity index (χ1v) is 4.78. The number of fused-ring (bicyclic) bond motifs is 1. The number of carbonyl (C=O) groups is 1. The van der Waals surface area contributed by atoms with Crippen LogP contribution in [0.5, 0.6) is 0 Å². The standard InChI is InChI=1S/C11H13NO2/c12-6-9-4-2-7-1-3-8(11(13)14)5-10(7)9/h1,3,5,9H,2,4,6,12H2,(H,13,14). The molecule has 1 unspecified atom stereocenters. The van der Waals surface area contributed by atoms with Crippen molar-refractivity contribution >= 4 is 5.97 Å². The van der Waals surface area contributed by atoms with Crippen molar-refractivity contribution in [2.45, 2.75) is 18.8 Å². The van der Waals surface area contributed by atoms with Gasteiger partial charge in [-0.05, 0) is 48.6 Å². The number of carboxylic acids is 1. The average Bonchev–Trinajstić information content (AvgIpc) is 2.59. The number of nitrogens with two attached hydrogens (primary N) is 1. The molecule has 3 nitrogen and oxygen atoms in total. The quantitative estimate of drug-likeness (QED) is 0.742.